The van der Waals surface area contributed by atoms with Crippen LogP contribution >= 0.6 is 0 Å². The minimum atomic E-state index is 0.179. The number of ether oxygens (including phenoxy) is 1. The molecule has 2 aromatic rings. The summed E-state index contributed by atoms with van der Waals surface area (Å²) in [5.74, 6) is 1.39. The summed E-state index contributed by atoms with van der Waals surface area (Å²) in [5, 5.41) is 17.1. The molecule has 0 saturated carbocycles. The van der Waals surface area contributed by atoms with Crippen LogP contribution in [-0.4, -0.2) is 28.1 Å². The Hall–Kier alpha value is -2.01. The van der Waals surface area contributed by atoms with Gasteiger partial charge in [0.2, 0.25) is 5.88 Å². The Kier molecular flexibility index (Phi) is 6.67. The summed E-state index contributed by atoms with van der Waals surface area (Å²) < 4.78 is 7.84. The van der Waals surface area contributed by atoms with Crippen LogP contribution < -0.4 is 10.1 Å². The van der Waals surface area contributed by atoms with Gasteiger partial charge in [-0.3, -0.25) is 0 Å². The Labute approximate surface area is 144 Å². The van der Waals surface area contributed by atoms with E-state index in [0.29, 0.717) is 25.5 Å². The first-order chi connectivity index (χ1) is 11.5. The summed E-state index contributed by atoms with van der Waals surface area (Å²) in [7, 11) is 0. The van der Waals surface area contributed by atoms with Crippen LogP contribution in [0.5, 0.6) is 5.88 Å². The third-order valence-corrected chi connectivity index (χ3v) is 3.84. The molecule has 0 bridgehead atoms. The third kappa shape index (κ3) is 4.74. The van der Waals surface area contributed by atoms with Gasteiger partial charge < -0.3 is 15.2 Å². The van der Waals surface area contributed by atoms with Gasteiger partial charge in [0, 0.05) is 25.4 Å². The van der Waals surface area contributed by atoms with E-state index < -0.39 is 0 Å². The van der Waals surface area contributed by atoms with Gasteiger partial charge in [0.05, 0.1) is 17.9 Å². The van der Waals surface area contributed by atoms with Crippen LogP contribution in [0.3, 0.4) is 0 Å². The van der Waals surface area contributed by atoms with Crippen molar-refractivity contribution in [2.75, 3.05) is 18.5 Å². The number of aromatic nitrogens is 2. The number of aliphatic hydroxyl groups excluding tert-OH is 1. The van der Waals surface area contributed by atoms with Gasteiger partial charge in [-0.1, -0.05) is 26.0 Å². The number of nitrogens with zero attached hydrogens (tertiary/aromatic N) is 2. The Morgan fingerprint density at radius 2 is 1.96 bits per heavy atom. The van der Waals surface area contributed by atoms with Crippen molar-refractivity contribution in [3.05, 3.63) is 41.1 Å². The smallest absolute Gasteiger partial charge is 0.217 e. The number of nitrogens with one attached hydrogen (secondary N) is 1. The monoisotopic (exact) mass is 331 g/mol. The lowest BCUT2D eigenvalue weighted by atomic mass is 10.1. The molecule has 0 aliphatic carbocycles. The summed E-state index contributed by atoms with van der Waals surface area (Å²) >= 11 is 0. The molecule has 0 unspecified atom stereocenters. The lowest BCUT2D eigenvalue weighted by molar-refractivity contribution is 0.290. The highest BCUT2D eigenvalue weighted by Gasteiger charge is 2.17. The van der Waals surface area contributed by atoms with E-state index in [1.807, 2.05) is 42.8 Å². The second-order valence-corrected chi connectivity index (χ2v) is 6.40. The highest BCUT2D eigenvalue weighted by molar-refractivity contribution is 5.46. The Bertz CT molecular complexity index is 633. The topological polar surface area (TPSA) is 59.3 Å². The average molecular weight is 331 g/mol. The van der Waals surface area contributed by atoms with Crippen molar-refractivity contribution in [3.63, 3.8) is 0 Å². The van der Waals surface area contributed by atoms with E-state index >= 15 is 0 Å². The molecule has 1 aromatic heterocycles. The first kappa shape index (κ1) is 18.3. The van der Waals surface area contributed by atoms with Crippen LogP contribution in [0.2, 0.25) is 0 Å². The van der Waals surface area contributed by atoms with Gasteiger partial charge in [-0.05, 0) is 43.9 Å². The van der Waals surface area contributed by atoms with Gasteiger partial charge in [0.15, 0.2) is 0 Å². The van der Waals surface area contributed by atoms with E-state index in [9.17, 15) is 0 Å². The number of hydrogen-bond acceptors (Lipinski definition) is 4. The lowest BCUT2D eigenvalue weighted by Gasteiger charge is -2.12. The number of benzene rings is 1. The van der Waals surface area contributed by atoms with Gasteiger partial charge in [-0.2, -0.15) is 5.10 Å². The van der Waals surface area contributed by atoms with Crippen LogP contribution in [0, 0.1) is 12.8 Å². The fourth-order valence-corrected chi connectivity index (χ4v) is 2.68. The fourth-order valence-electron chi connectivity index (χ4n) is 2.68. The first-order valence-electron chi connectivity index (χ1n) is 8.67. The molecule has 2 rings (SSSR count). The zero-order valence-corrected chi connectivity index (χ0v) is 15.2. The summed E-state index contributed by atoms with van der Waals surface area (Å²) in [6, 6.07) is 8.16. The molecule has 2 N–H and O–H groups in total. The Morgan fingerprint density at radius 1 is 1.25 bits per heavy atom. The molecule has 5 nitrogen and oxygen atoms in total. The van der Waals surface area contributed by atoms with E-state index in [0.717, 1.165) is 34.9 Å². The molecule has 1 aromatic carbocycles. The van der Waals surface area contributed by atoms with Crippen LogP contribution in [0.4, 0.5) is 5.69 Å². The average Bonchev–Trinajstić information content (AvgIpc) is 2.82. The number of hydrogen-bond donors (Lipinski definition) is 2. The second-order valence-electron chi connectivity index (χ2n) is 6.40. The molecule has 0 amide bonds. The maximum atomic E-state index is 8.98. The first-order valence-corrected chi connectivity index (χ1v) is 8.67. The van der Waals surface area contributed by atoms with Crippen molar-refractivity contribution < 1.29 is 9.84 Å². The van der Waals surface area contributed by atoms with Crippen molar-refractivity contribution in [2.24, 2.45) is 5.92 Å². The van der Waals surface area contributed by atoms with Crippen LogP contribution in [-0.2, 0) is 19.5 Å². The molecular weight excluding hydrogens is 302 g/mol. The van der Waals surface area contributed by atoms with Crippen molar-refractivity contribution in [1.82, 2.24) is 9.78 Å². The minimum Gasteiger partial charge on any atom is -0.478 e. The molecule has 0 saturated heterocycles. The molecule has 0 fully saturated rings. The predicted molar refractivity (Wildman–Crippen MR) is 97.5 cm³/mol. The van der Waals surface area contributed by atoms with Crippen molar-refractivity contribution in [2.45, 2.75) is 47.2 Å². The maximum absolute atomic E-state index is 8.98. The zero-order chi connectivity index (χ0) is 17.5. The maximum Gasteiger partial charge on any atom is 0.217 e. The van der Waals surface area contributed by atoms with E-state index in [-0.39, 0.29) is 6.61 Å². The zero-order valence-electron chi connectivity index (χ0n) is 15.2. The highest BCUT2D eigenvalue weighted by Crippen LogP contribution is 2.25. The highest BCUT2D eigenvalue weighted by atomic mass is 16.5. The van der Waals surface area contributed by atoms with E-state index in [1.54, 1.807) is 0 Å². The molecule has 24 heavy (non-hydrogen) atoms. The Morgan fingerprint density at radius 3 is 2.54 bits per heavy atom. The molecule has 0 spiro atoms. The largest absolute Gasteiger partial charge is 0.478 e. The molecule has 1 heterocycles. The number of anilines is 1. The van der Waals surface area contributed by atoms with Gasteiger partial charge in [0.1, 0.15) is 0 Å². The quantitative estimate of drug-likeness (QED) is 0.739. The molecule has 0 aliphatic rings. The van der Waals surface area contributed by atoms with Crippen molar-refractivity contribution >= 4 is 5.69 Å². The van der Waals surface area contributed by atoms with Gasteiger partial charge in [-0.15, -0.1) is 0 Å². The summed E-state index contributed by atoms with van der Waals surface area (Å²) in [4.78, 5) is 0. The lowest BCUT2D eigenvalue weighted by Crippen LogP contribution is -2.10. The fraction of sp³-hybridized carbons (Fsp3) is 0.526. The number of rotatable bonds is 9. The third-order valence-electron chi connectivity index (χ3n) is 3.84. The normalized spacial score (nSPS) is 11.1. The SMILES string of the molecule is CCOc1c(CNc2ccc(CCO)cc2)c(C)nn1CC(C)C. The van der Waals surface area contributed by atoms with Gasteiger partial charge >= 0.3 is 0 Å². The number of aryl methyl sites for hydroxylation is 1. The van der Waals surface area contributed by atoms with Gasteiger partial charge in [0.25, 0.3) is 0 Å². The summed E-state index contributed by atoms with van der Waals surface area (Å²) in [6.07, 6.45) is 0.690. The van der Waals surface area contributed by atoms with E-state index in [4.69, 9.17) is 9.84 Å². The van der Waals surface area contributed by atoms with Crippen molar-refractivity contribution in [1.29, 1.82) is 0 Å². The predicted octanol–water partition coefficient (Wildman–Crippen LogP) is 3.39. The van der Waals surface area contributed by atoms with Crippen LogP contribution in [0.25, 0.3) is 0 Å². The molecule has 0 radical (unpaired) electrons. The molecule has 0 atom stereocenters. The number of aliphatic hydroxyl groups is 1. The molecule has 5 heteroatoms. The van der Waals surface area contributed by atoms with Crippen LogP contribution in [0.15, 0.2) is 24.3 Å². The second kappa shape index (κ2) is 8.73. The minimum absolute atomic E-state index is 0.179. The molecule has 0 aliphatic heterocycles. The molecule has 132 valence electrons. The van der Waals surface area contributed by atoms with E-state index in [1.165, 1.54) is 0 Å². The van der Waals surface area contributed by atoms with Gasteiger partial charge in [-0.25, -0.2) is 4.68 Å². The summed E-state index contributed by atoms with van der Waals surface area (Å²) in [5.41, 5.74) is 4.30. The van der Waals surface area contributed by atoms with E-state index in [2.05, 4.69) is 24.3 Å². The Balaban J connectivity index is 2.11. The van der Waals surface area contributed by atoms with Crippen molar-refractivity contribution in [3.8, 4) is 5.88 Å². The summed E-state index contributed by atoms with van der Waals surface area (Å²) in [6.45, 7) is 10.7. The molecular formula is C19H29N3O2. The van der Waals surface area contributed by atoms with Crippen LogP contribution in [0.1, 0.15) is 37.6 Å². The standard InChI is InChI=1S/C19H29N3O2/c1-5-24-19-18(15(4)21-22(19)13-14(2)3)12-20-17-8-6-16(7-9-17)10-11-23/h6-9,14,20,23H,5,10-13H2,1-4H3.